The molecule has 0 aromatic carbocycles. The lowest BCUT2D eigenvalue weighted by atomic mass is 9.99. The molecule has 1 heterocycles. The second-order valence-electron chi connectivity index (χ2n) is 2.93. The Hall–Kier alpha value is -0.240. The van der Waals surface area contributed by atoms with E-state index in [-0.39, 0.29) is 0 Å². The zero-order valence-electron chi connectivity index (χ0n) is 7.20. The van der Waals surface area contributed by atoms with E-state index in [9.17, 15) is 15.3 Å². The highest BCUT2D eigenvalue weighted by atomic mass is 16.7. The largest absolute Gasteiger partial charge is 0.394 e. The molecule has 0 aromatic heterocycles. The first-order valence-corrected chi connectivity index (χ1v) is 3.95. The maximum absolute atomic E-state index is 9.38. The minimum Gasteiger partial charge on any atom is -0.394 e. The first-order chi connectivity index (χ1) is 6.11. The van der Waals surface area contributed by atoms with Gasteiger partial charge in [0.25, 0.3) is 0 Å². The molecule has 6 nitrogen and oxygen atoms in total. The van der Waals surface area contributed by atoms with Gasteiger partial charge in [0.15, 0.2) is 6.29 Å². The molecule has 4 N–H and O–H groups in total. The van der Waals surface area contributed by atoms with E-state index >= 15 is 0 Å². The average molecular weight is 194 g/mol. The lowest BCUT2D eigenvalue weighted by molar-refractivity contribution is -0.291. The molecule has 1 rings (SSSR count). The first kappa shape index (κ1) is 10.8. The summed E-state index contributed by atoms with van der Waals surface area (Å²) in [6.45, 7) is -0.467. The summed E-state index contributed by atoms with van der Waals surface area (Å²) in [5, 5.41) is 36.7. The van der Waals surface area contributed by atoms with E-state index in [0.29, 0.717) is 0 Å². The third kappa shape index (κ3) is 1.98. The highest BCUT2D eigenvalue weighted by molar-refractivity contribution is 4.88. The monoisotopic (exact) mass is 194 g/mol. The van der Waals surface area contributed by atoms with Crippen LogP contribution in [0.2, 0.25) is 0 Å². The number of ether oxygens (including phenoxy) is 2. The molecule has 0 saturated carbocycles. The number of aliphatic hydroxyl groups excluding tert-OH is 4. The summed E-state index contributed by atoms with van der Waals surface area (Å²) in [7, 11) is 1.28. The van der Waals surface area contributed by atoms with Crippen molar-refractivity contribution in [2.45, 2.75) is 30.7 Å². The fourth-order valence-electron chi connectivity index (χ4n) is 1.33. The van der Waals surface area contributed by atoms with Gasteiger partial charge < -0.3 is 29.9 Å². The SMILES string of the molecule is CO[C@H]1[C@@H](O)[C@H](O)[C@H](CO)O[C@H]1O. The molecule has 1 saturated heterocycles. The normalized spacial score (nSPS) is 46.4. The van der Waals surface area contributed by atoms with Gasteiger partial charge in [-0.3, -0.25) is 0 Å². The van der Waals surface area contributed by atoms with Crippen LogP contribution in [0.15, 0.2) is 0 Å². The second-order valence-corrected chi connectivity index (χ2v) is 2.93. The van der Waals surface area contributed by atoms with Gasteiger partial charge in [-0.05, 0) is 0 Å². The Balaban J connectivity index is 2.66. The van der Waals surface area contributed by atoms with E-state index in [4.69, 9.17) is 14.6 Å². The van der Waals surface area contributed by atoms with Gasteiger partial charge in [0, 0.05) is 7.11 Å². The molecule has 0 spiro atoms. The summed E-state index contributed by atoms with van der Waals surface area (Å²) in [6.07, 6.45) is -5.81. The summed E-state index contributed by atoms with van der Waals surface area (Å²) in [5.74, 6) is 0. The molecule has 1 fully saturated rings. The summed E-state index contributed by atoms with van der Waals surface area (Å²) in [6, 6.07) is 0. The summed E-state index contributed by atoms with van der Waals surface area (Å²) >= 11 is 0. The molecule has 6 heteroatoms. The maximum Gasteiger partial charge on any atom is 0.184 e. The Morgan fingerprint density at radius 3 is 2.31 bits per heavy atom. The number of hydrogen-bond donors (Lipinski definition) is 4. The Morgan fingerprint density at radius 2 is 1.85 bits per heavy atom. The van der Waals surface area contributed by atoms with Gasteiger partial charge >= 0.3 is 0 Å². The van der Waals surface area contributed by atoms with Crippen molar-refractivity contribution in [2.24, 2.45) is 0 Å². The molecular weight excluding hydrogens is 180 g/mol. The van der Waals surface area contributed by atoms with Crippen molar-refractivity contribution in [3.8, 4) is 0 Å². The van der Waals surface area contributed by atoms with Crippen molar-refractivity contribution < 1.29 is 29.9 Å². The zero-order valence-corrected chi connectivity index (χ0v) is 7.20. The van der Waals surface area contributed by atoms with Crippen LogP contribution in [-0.4, -0.2) is 64.8 Å². The number of rotatable bonds is 2. The molecule has 78 valence electrons. The van der Waals surface area contributed by atoms with Crippen molar-refractivity contribution in [1.29, 1.82) is 0 Å². The summed E-state index contributed by atoms with van der Waals surface area (Å²) in [4.78, 5) is 0. The molecule has 0 aliphatic carbocycles. The fraction of sp³-hybridized carbons (Fsp3) is 1.00. The van der Waals surface area contributed by atoms with Crippen molar-refractivity contribution in [3.05, 3.63) is 0 Å². The van der Waals surface area contributed by atoms with Crippen LogP contribution >= 0.6 is 0 Å². The topological polar surface area (TPSA) is 99.4 Å². The summed E-state index contributed by atoms with van der Waals surface area (Å²) < 4.78 is 9.50. The lowest BCUT2D eigenvalue weighted by Crippen LogP contribution is -2.59. The van der Waals surface area contributed by atoms with E-state index in [1.807, 2.05) is 0 Å². The Morgan fingerprint density at radius 1 is 1.23 bits per heavy atom. The third-order valence-electron chi connectivity index (χ3n) is 2.11. The molecule has 13 heavy (non-hydrogen) atoms. The van der Waals surface area contributed by atoms with Gasteiger partial charge in [-0.15, -0.1) is 0 Å². The van der Waals surface area contributed by atoms with Gasteiger partial charge in [-0.1, -0.05) is 0 Å². The van der Waals surface area contributed by atoms with E-state index < -0.39 is 37.3 Å². The van der Waals surface area contributed by atoms with Crippen LogP contribution in [0.4, 0.5) is 0 Å². The number of aliphatic hydroxyl groups is 4. The van der Waals surface area contributed by atoms with Crippen molar-refractivity contribution in [2.75, 3.05) is 13.7 Å². The van der Waals surface area contributed by atoms with Crippen molar-refractivity contribution >= 4 is 0 Å². The minimum absolute atomic E-state index is 0.467. The molecule has 0 aromatic rings. The van der Waals surface area contributed by atoms with E-state index in [2.05, 4.69) is 0 Å². The Kier molecular flexibility index (Phi) is 3.60. The first-order valence-electron chi connectivity index (χ1n) is 3.95. The van der Waals surface area contributed by atoms with E-state index in [0.717, 1.165) is 0 Å². The van der Waals surface area contributed by atoms with Crippen LogP contribution in [0.25, 0.3) is 0 Å². The number of methoxy groups -OCH3 is 1. The van der Waals surface area contributed by atoms with Gasteiger partial charge in [-0.2, -0.15) is 0 Å². The molecule has 0 radical (unpaired) electrons. The highest BCUT2D eigenvalue weighted by Crippen LogP contribution is 2.21. The smallest absolute Gasteiger partial charge is 0.184 e. The summed E-state index contributed by atoms with van der Waals surface area (Å²) in [5.41, 5.74) is 0. The van der Waals surface area contributed by atoms with Crippen molar-refractivity contribution in [1.82, 2.24) is 0 Å². The van der Waals surface area contributed by atoms with Gasteiger partial charge in [0.1, 0.15) is 24.4 Å². The maximum atomic E-state index is 9.38. The predicted octanol–water partition coefficient (Wildman–Crippen LogP) is -2.57. The second kappa shape index (κ2) is 4.32. The Bertz CT molecular complexity index is 163. The molecule has 5 atom stereocenters. The standard InChI is InChI=1S/C7H14O6/c1-12-6-5(10)4(9)3(2-8)13-7(6)11/h3-11H,2H2,1H3/t3-,4+,5-,6-,7+/m0/s1. The van der Waals surface area contributed by atoms with Crippen molar-refractivity contribution in [3.63, 3.8) is 0 Å². The lowest BCUT2D eigenvalue weighted by Gasteiger charge is -2.39. The van der Waals surface area contributed by atoms with Crippen LogP contribution in [0.3, 0.4) is 0 Å². The van der Waals surface area contributed by atoms with E-state index in [1.54, 1.807) is 0 Å². The minimum atomic E-state index is -1.33. The van der Waals surface area contributed by atoms with Crippen LogP contribution in [0.1, 0.15) is 0 Å². The van der Waals surface area contributed by atoms with Crippen LogP contribution in [0, 0.1) is 0 Å². The van der Waals surface area contributed by atoms with Crippen LogP contribution < -0.4 is 0 Å². The molecule has 1 aliphatic heterocycles. The van der Waals surface area contributed by atoms with E-state index in [1.165, 1.54) is 7.11 Å². The fourth-order valence-corrected chi connectivity index (χ4v) is 1.33. The molecule has 0 amide bonds. The van der Waals surface area contributed by atoms with Gasteiger partial charge in [0.05, 0.1) is 6.61 Å². The quantitative estimate of drug-likeness (QED) is 0.386. The molecule has 1 aliphatic rings. The Labute approximate surface area is 75.3 Å². The zero-order chi connectivity index (χ0) is 10.0. The third-order valence-corrected chi connectivity index (χ3v) is 2.11. The average Bonchev–Trinajstić information content (AvgIpc) is 2.12. The molecular formula is C7H14O6. The molecule has 0 unspecified atom stereocenters. The number of hydrogen-bond acceptors (Lipinski definition) is 6. The van der Waals surface area contributed by atoms with Crippen LogP contribution in [0.5, 0.6) is 0 Å². The molecule has 0 bridgehead atoms. The predicted molar refractivity (Wildman–Crippen MR) is 40.8 cm³/mol. The highest BCUT2D eigenvalue weighted by Gasteiger charge is 2.43. The van der Waals surface area contributed by atoms with Gasteiger partial charge in [0.2, 0.25) is 0 Å². The van der Waals surface area contributed by atoms with Gasteiger partial charge in [-0.25, -0.2) is 0 Å². The van der Waals surface area contributed by atoms with Crippen LogP contribution in [-0.2, 0) is 9.47 Å².